The third-order valence-corrected chi connectivity index (χ3v) is 12.0. The van der Waals surface area contributed by atoms with Crippen molar-refractivity contribution in [2.24, 2.45) is 0 Å². The summed E-state index contributed by atoms with van der Waals surface area (Å²) in [7, 11) is -3.94. The molecule has 0 bridgehead atoms. The predicted octanol–water partition coefficient (Wildman–Crippen LogP) is 7.61. The van der Waals surface area contributed by atoms with Crippen LogP contribution in [-0.2, 0) is 0 Å². The average Bonchev–Trinajstić information content (AvgIpc) is 2.82. The first-order chi connectivity index (χ1) is 17.6. The lowest BCUT2D eigenvalue weighted by atomic mass is 10.3. The number of halogens is 8. The largest absolute Gasteiger partial charge is 0.207 e. The van der Waals surface area contributed by atoms with Crippen molar-refractivity contribution in [3.05, 3.63) is 120 Å². The van der Waals surface area contributed by atoms with E-state index in [1.165, 1.54) is 0 Å². The van der Waals surface area contributed by atoms with Crippen LogP contribution in [0.2, 0.25) is 0 Å². The molecule has 0 unspecified atom stereocenters. The topological polar surface area (TPSA) is 0 Å². The number of benzene rings is 4. The van der Waals surface area contributed by atoms with E-state index >= 15 is 0 Å². The molecule has 0 radical (unpaired) electrons. The van der Waals surface area contributed by atoms with Crippen molar-refractivity contribution in [3.63, 3.8) is 0 Å². The van der Waals surface area contributed by atoms with Crippen molar-refractivity contribution in [1.29, 1.82) is 0 Å². The van der Waals surface area contributed by atoms with Gasteiger partial charge in [0.25, 0.3) is 0 Å². The van der Waals surface area contributed by atoms with Crippen LogP contribution in [0.5, 0.6) is 0 Å². The molecule has 0 aliphatic carbocycles. The van der Waals surface area contributed by atoms with Gasteiger partial charge in [0.2, 0.25) is 0 Å². The van der Waals surface area contributed by atoms with Gasteiger partial charge in [-0.15, -0.1) is 0 Å². The normalized spacial score (nSPS) is 11.9. The number of alkyl halides is 2. The molecule has 4 aromatic carbocycles. The van der Waals surface area contributed by atoms with Crippen LogP contribution in [0.15, 0.2) is 84.9 Å². The van der Waals surface area contributed by atoms with Crippen LogP contribution < -0.4 is 21.2 Å². The van der Waals surface area contributed by atoms with Gasteiger partial charge in [0, 0.05) is 24.3 Å². The van der Waals surface area contributed by atoms with E-state index in [0.29, 0.717) is 24.3 Å². The average molecular weight is 589 g/mol. The summed E-state index contributed by atoms with van der Waals surface area (Å²) in [6.07, 6.45) is -0.399. The van der Waals surface area contributed by atoms with Crippen molar-refractivity contribution in [2.45, 2.75) is 10.5 Å². The molecule has 0 atom stereocenters. The molecular formula is C27H18Cl2F6P2. The fourth-order valence-corrected chi connectivity index (χ4v) is 10.6. The maximum atomic E-state index is 14.9. The molecule has 0 heterocycles. The van der Waals surface area contributed by atoms with Gasteiger partial charge in [-0.25, -0.2) is 26.3 Å². The monoisotopic (exact) mass is 588 g/mol. The molecule has 37 heavy (non-hydrogen) atoms. The fourth-order valence-electron chi connectivity index (χ4n) is 3.96. The van der Waals surface area contributed by atoms with E-state index in [-0.39, 0.29) is 12.6 Å². The van der Waals surface area contributed by atoms with Gasteiger partial charge in [0.1, 0.15) is 39.0 Å². The van der Waals surface area contributed by atoms with Crippen LogP contribution in [0.25, 0.3) is 0 Å². The quantitative estimate of drug-likeness (QED) is 0.113. The molecule has 0 nitrogen and oxygen atoms in total. The van der Waals surface area contributed by atoms with Gasteiger partial charge in [-0.05, 0) is 39.0 Å². The zero-order valence-electron chi connectivity index (χ0n) is 18.9. The Balaban J connectivity index is 1.79. The third-order valence-electron chi connectivity index (χ3n) is 5.50. The Hall–Kier alpha value is -2.10. The molecule has 4 rings (SSSR count). The molecule has 0 saturated heterocycles. The van der Waals surface area contributed by atoms with Crippen LogP contribution in [0.3, 0.4) is 0 Å². The Morgan fingerprint density at radius 1 is 0.568 bits per heavy atom. The van der Waals surface area contributed by atoms with Crippen LogP contribution in [0.1, 0.15) is 6.42 Å². The standard InChI is InChI=1S/C27H18Cl2F6P2/c28-27(29,37(19-7-3-1-4-8-19)20-9-5-2-6-10-20)11-12-36(25-21(32)13-17(30)14-22(25)33)26-23(34)15-18(31)16-24(26)35/h1-10,13-16H,11-12H2. The van der Waals surface area contributed by atoms with E-state index in [0.717, 1.165) is 10.6 Å². The summed E-state index contributed by atoms with van der Waals surface area (Å²) < 4.78 is 85.1. The summed E-state index contributed by atoms with van der Waals surface area (Å²) in [5, 5.41) is 0.231. The molecular weight excluding hydrogens is 571 g/mol. The van der Waals surface area contributed by atoms with Crippen LogP contribution in [0, 0.1) is 34.9 Å². The van der Waals surface area contributed by atoms with Gasteiger partial charge in [-0.1, -0.05) is 83.9 Å². The molecule has 0 spiro atoms. The molecule has 0 N–H and O–H groups in total. The first-order valence-corrected chi connectivity index (χ1v) is 14.6. The van der Waals surface area contributed by atoms with Crippen molar-refractivity contribution in [3.8, 4) is 0 Å². The Morgan fingerprint density at radius 3 is 1.27 bits per heavy atom. The predicted molar refractivity (Wildman–Crippen MR) is 142 cm³/mol. The number of rotatable bonds is 8. The smallest absolute Gasteiger partial charge is 0.145 e. The Morgan fingerprint density at radius 2 is 0.919 bits per heavy atom. The van der Waals surface area contributed by atoms with Crippen molar-refractivity contribution in [2.75, 3.05) is 6.16 Å². The molecule has 0 aliphatic heterocycles. The van der Waals surface area contributed by atoms with E-state index in [9.17, 15) is 26.3 Å². The van der Waals surface area contributed by atoms with Gasteiger partial charge in [-0.3, -0.25) is 0 Å². The summed E-state index contributed by atoms with van der Waals surface area (Å²) in [5.41, 5.74) is 0. The van der Waals surface area contributed by atoms with Crippen molar-refractivity contribution in [1.82, 2.24) is 0 Å². The molecule has 0 amide bonds. The summed E-state index contributed by atoms with van der Waals surface area (Å²) in [5.74, 6) is -7.61. The minimum atomic E-state index is -2.48. The van der Waals surface area contributed by atoms with E-state index in [2.05, 4.69) is 0 Å². The van der Waals surface area contributed by atoms with E-state index in [4.69, 9.17) is 23.2 Å². The lowest BCUT2D eigenvalue weighted by molar-refractivity contribution is 0.552. The zero-order valence-corrected chi connectivity index (χ0v) is 22.2. The lowest BCUT2D eigenvalue weighted by Crippen LogP contribution is -2.30. The number of hydrogen-bond donors (Lipinski definition) is 0. The highest BCUT2D eigenvalue weighted by Crippen LogP contribution is 2.57. The Bertz CT molecular complexity index is 1240. The van der Waals surface area contributed by atoms with Gasteiger partial charge in [-0.2, -0.15) is 0 Å². The van der Waals surface area contributed by atoms with Gasteiger partial charge in [0.05, 0.1) is 10.6 Å². The highest BCUT2D eigenvalue weighted by atomic mass is 35.5. The summed E-state index contributed by atoms with van der Waals surface area (Å²) in [4.78, 5) is 0. The second-order valence-electron chi connectivity index (χ2n) is 8.01. The van der Waals surface area contributed by atoms with E-state index in [1.807, 2.05) is 60.7 Å². The molecule has 0 aromatic heterocycles. The minimum absolute atomic E-state index is 0.135. The van der Waals surface area contributed by atoms with Gasteiger partial charge < -0.3 is 0 Å². The second kappa shape index (κ2) is 11.7. The highest BCUT2D eigenvalue weighted by Gasteiger charge is 2.39. The highest BCUT2D eigenvalue weighted by molar-refractivity contribution is 7.77. The van der Waals surface area contributed by atoms with Gasteiger partial charge >= 0.3 is 0 Å². The Labute approximate surface area is 222 Å². The SMILES string of the molecule is Fc1cc(F)c(P(CCC(Cl)(Cl)P(c2ccccc2)c2ccccc2)c2c(F)cc(F)cc2F)c(F)c1. The lowest BCUT2D eigenvalue weighted by Gasteiger charge is -2.33. The van der Waals surface area contributed by atoms with Crippen molar-refractivity contribution < 1.29 is 26.3 Å². The first kappa shape index (κ1) is 27.9. The summed E-state index contributed by atoms with van der Waals surface area (Å²) in [6.45, 7) is 0. The third kappa shape index (κ3) is 6.32. The summed E-state index contributed by atoms with van der Waals surface area (Å²) >= 11 is 13.8. The fraction of sp³-hybridized carbons (Fsp3) is 0.111. The maximum absolute atomic E-state index is 14.9. The van der Waals surface area contributed by atoms with E-state index < -0.39 is 65.4 Å². The van der Waals surface area contributed by atoms with Crippen LogP contribution in [-0.4, -0.2) is 10.2 Å². The molecule has 4 aromatic rings. The molecule has 10 heteroatoms. The second-order valence-corrected chi connectivity index (χ2v) is 14.7. The maximum Gasteiger partial charge on any atom is 0.145 e. The molecule has 0 aliphatic rings. The van der Waals surface area contributed by atoms with Crippen molar-refractivity contribution >= 4 is 60.3 Å². The molecule has 192 valence electrons. The number of hydrogen-bond acceptors (Lipinski definition) is 0. The Kier molecular flexibility index (Phi) is 8.86. The molecule has 0 saturated carbocycles. The molecule has 0 fully saturated rings. The van der Waals surface area contributed by atoms with Gasteiger partial charge in [0.15, 0.2) is 0 Å². The summed E-state index contributed by atoms with van der Waals surface area (Å²) in [6, 6.07) is 20.0. The minimum Gasteiger partial charge on any atom is -0.207 e. The van der Waals surface area contributed by atoms with E-state index in [1.54, 1.807) is 0 Å². The van der Waals surface area contributed by atoms with Crippen LogP contribution >= 0.6 is 39.0 Å². The zero-order chi connectivity index (χ0) is 26.7. The van der Waals surface area contributed by atoms with Crippen LogP contribution in [0.4, 0.5) is 26.3 Å². The first-order valence-electron chi connectivity index (χ1n) is 10.9.